The number of carboxylic acids is 1. The summed E-state index contributed by atoms with van der Waals surface area (Å²) in [6.45, 7) is 4.14. The van der Waals surface area contributed by atoms with Crippen molar-refractivity contribution in [2.75, 3.05) is 4.90 Å². The van der Waals surface area contributed by atoms with E-state index >= 15 is 0 Å². The van der Waals surface area contributed by atoms with Crippen molar-refractivity contribution in [3.05, 3.63) is 100 Å². The van der Waals surface area contributed by atoms with Crippen LogP contribution in [0.4, 0.5) is 5.69 Å². The number of para-hydroxylation sites is 2. The number of hydrogen-bond acceptors (Lipinski definition) is 6. The van der Waals surface area contributed by atoms with Gasteiger partial charge in [-0.1, -0.05) is 44.2 Å². The highest BCUT2D eigenvalue weighted by Gasteiger charge is 2.69. The van der Waals surface area contributed by atoms with Crippen molar-refractivity contribution < 1.29 is 19.5 Å². The molecule has 1 aromatic heterocycles. The summed E-state index contributed by atoms with van der Waals surface area (Å²) in [5.74, 6) is -2.76. The topological polar surface area (TPSA) is 122 Å². The zero-order chi connectivity index (χ0) is 27.9. The second kappa shape index (κ2) is 8.43. The first-order chi connectivity index (χ1) is 19.2. The van der Waals surface area contributed by atoms with Crippen LogP contribution in [0.25, 0.3) is 16.6 Å². The van der Waals surface area contributed by atoms with Crippen LogP contribution in [-0.2, 0) is 15.1 Å². The summed E-state index contributed by atoms with van der Waals surface area (Å²) < 4.78 is 1.58. The molecule has 3 aromatic carbocycles. The molecule has 200 valence electrons. The summed E-state index contributed by atoms with van der Waals surface area (Å²) in [5, 5.41) is 13.5. The smallest absolute Gasteiger partial charge is 0.335 e. The molecule has 2 saturated heterocycles. The molecule has 9 nitrogen and oxygen atoms in total. The van der Waals surface area contributed by atoms with E-state index in [0.717, 1.165) is 5.56 Å². The third-order valence-corrected chi connectivity index (χ3v) is 8.46. The normalized spacial score (nSPS) is 24.7. The van der Waals surface area contributed by atoms with Gasteiger partial charge in [0.2, 0.25) is 11.8 Å². The molecular formula is C31H26N4O5. The average Bonchev–Trinajstić information content (AvgIpc) is 3.51. The van der Waals surface area contributed by atoms with Crippen LogP contribution in [-0.4, -0.2) is 38.5 Å². The quantitative estimate of drug-likeness (QED) is 0.385. The second-order valence-electron chi connectivity index (χ2n) is 11.2. The minimum absolute atomic E-state index is 0.0629. The Labute approximate surface area is 229 Å². The van der Waals surface area contributed by atoms with Crippen molar-refractivity contribution in [2.24, 2.45) is 17.8 Å². The molecule has 1 spiro atoms. The fraction of sp³-hybridized carbons (Fsp3) is 0.258. The van der Waals surface area contributed by atoms with Gasteiger partial charge < -0.3 is 5.11 Å². The summed E-state index contributed by atoms with van der Waals surface area (Å²) in [7, 11) is 0. The summed E-state index contributed by atoms with van der Waals surface area (Å²) in [4.78, 5) is 60.0. The molecule has 0 aliphatic carbocycles. The van der Waals surface area contributed by atoms with E-state index < -0.39 is 29.3 Å². The number of carboxylic acid groups (broad SMARTS) is 1. The van der Waals surface area contributed by atoms with Crippen LogP contribution in [0.2, 0.25) is 0 Å². The first-order valence-corrected chi connectivity index (χ1v) is 13.3. The zero-order valence-electron chi connectivity index (χ0n) is 21.9. The lowest BCUT2D eigenvalue weighted by Crippen LogP contribution is -2.50. The Bertz CT molecular complexity index is 1810. The van der Waals surface area contributed by atoms with Gasteiger partial charge in [0, 0.05) is 11.6 Å². The third-order valence-electron chi connectivity index (χ3n) is 8.46. The van der Waals surface area contributed by atoms with E-state index in [1.807, 2.05) is 30.3 Å². The van der Waals surface area contributed by atoms with E-state index in [-0.39, 0.29) is 29.0 Å². The lowest BCUT2D eigenvalue weighted by atomic mass is 9.75. The number of anilines is 1. The lowest BCUT2D eigenvalue weighted by Gasteiger charge is -2.32. The maximum Gasteiger partial charge on any atom is 0.335 e. The number of carbonyl (C=O) groups excluding carboxylic acids is 2. The summed E-state index contributed by atoms with van der Waals surface area (Å²) in [6.07, 6.45) is 0.633. The number of hydrogen-bond donors (Lipinski definition) is 2. The standard InChI is InChI=1S/C31H26N4O5/c1-16(2)15-22-24-25(28(38)34(27(24)37)18-13-11-17(12-14-18)29(39)40)31(33-22)20-8-4-6-10-23(20)35-26(36)19-7-3-5-9-21(19)32-30(31)35/h3-14,16,22,24-25,33H,15H2,1-2H3,(H,39,40)/t22-,24-,25+,31+/m0/s1. The Morgan fingerprint density at radius 2 is 1.68 bits per heavy atom. The van der Waals surface area contributed by atoms with Crippen molar-refractivity contribution >= 4 is 34.4 Å². The molecule has 0 saturated carbocycles. The Morgan fingerprint density at radius 3 is 2.40 bits per heavy atom. The Kier molecular flexibility index (Phi) is 5.15. The fourth-order valence-electron chi connectivity index (χ4n) is 6.94. The molecule has 7 rings (SSSR count). The van der Waals surface area contributed by atoms with Crippen molar-refractivity contribution in [1.29, 1.82) is 0 Å². The lowest BCUT2D eigenvalue weighted by molar-refractivity contribution is -0.123. The third kappa shape index (κ3) is 3.09. The Balaban J connectivity index is 1.48. The fourth-order valence-corrected chi connectivity index (χ4v) is 6.94. The van der Waals surface area contributed by atoms with Gasteiger partial charge in [-0.15, -0.1) is 0 Å². The minimum atomic E-state index is -1.20. The molecule has 2 N–H and O–H groups in total. The van der Waals surface area contributed by atoms with Gasteiger partial charge in [0.05, 0.1) is 39.7 Å². The molecule has 40 heavy (non-hydrogen) atoms. The molecule has 2 amide bonds. The highest BCUT2D eigenvalue weighted by atomic mass is 16.4. The first-order valence-electron chi connectivity index (χ1n) is 13.3. The van der Waals surface area contributed by atoms with Gasteiger partial charge in [-0.25, -0.2) is 14.7 Å². The predicted octanol–water partition coefficient (Wildman–Crippen LogP) is 3.46. The molecule has 4 atom stereocenters. The number of nitrogens with zero attached hydrogens (tertiary/aromatic N) is 3. The molecule has 9 heteroatoms. The highest BCUT2D eigenvalue weighted by molar-refractivity contribution is 6.23. The molecular weight excluding hydrogens is 508 g/mol. The summed E-state index contributed by atoms with van der Waals surface area (Å²) >= 11 is 0. The van der Waals surface area contributed by atoms with E-state index in [2.05, 4.69) is 19.2 Å². The number of benzene rings is 3. The molecule has 4 aromatic rings. The Hall–Kier alpha value is -4.63. The van der Waals surface area contributed by atoms with Crippen molar-refractivity contribution in [3.63, 3.8) is 0 Å². The number of aromatic nitrogens is 2. The second-order valence-corrected chi connectivity index (χ2v) is 11.2. The van der Waals surface area contributed by atoms with Gasteiger partial charge in [0.25, 0.3) is 5.56 Å². The van der Waals surface area contributed by atoms with Crippen molar-refractivity contribution in [2.45, 2.75) is 31.8 Å². The van der Waals surface area contributed by atoms with Crippen molar-refractivity contribution in [1.82, 2.24) is 14.9 Å². The van der Waals surface area contributed by atoms with Gasteiger partial charge in [-0.05, 0) is 54.8 Å². The number of amides is 2. The maximum absolute atomic E-state index is 14.4. The molecule has 0 bridgehead atoms. The first kappa shape index (κ1) is 24.4. The number of imide groups is 1. The number of nitrogens with one attached hydrogen (secondary N) is 1. The van der Waals surface area contributed by atoms with Crippen LogP contribution in [0, 0.1) is 17.8 Å². The summed E-state index contributed by atoms with van der Waals surface area (Å²) in [6, 6.07) is 20.0. The van der Waals surface area contributed by atoms with Gasteiger partial charge in [0.1, 0.15) is 11.4 Å². The zero-order valence-corrected chi connectivity index (χ0v) is 21.9. The number of fused-ring (bicyclic) bond motifs is 8. The van der Waals surface area contributed by atoms with Crippen LogP contribution in [0.15, 0.2) is 77.6 Å². The SMILES string of the molecule is CC(C)C[C@@H]1N[C@]2(c3ccccc3-n3c2nc2ccccc2c3=O)[C@H]2C(=O)N(c3ccc(C(=O)O)cc3)C(=O)[C@@H]12. The average molecular weight is 535 g/mol. The van der Waals surface area contributed by atoms with E-state index in [1.54, 1.807) is 22.8 Å². The van der Waals surface area contributed by atoms with E-state index in [4.69, 9.17) is 4.98 Å². The number of aromatic carboxylic acids is 1. The molecule has 3 aliphatic heterocycles. The van der Waals surface area contributed by atoms with Gasteiger partial charge >= 0.3 is 5.97 Å². The van der Waals surface area contributed by atoms with Gasteiger partial charge in [-0.3, -0.25) is 24.3 Å². The summed E-state index contributed by atoms with van der Waals surface area (Å²) in [5.41, 5.74) is 0.855. The highest BCUT2D eigenvalue weighted by Crippen LogP contribution is 2.56. The van der Waals surface area contributed by atoms with E-state index in [9.17, 15) is 24.3 Å². The van der Waals surface area contributed by atoms with E-state index in [1.165, 1.54) is 29.2 Å². The monoisotopic (exact) mass is 534 g/mol. The molecule has 4 heterocycles. The minimum Gasteiger partial charge on any atom is -0.478 e. The Morgan fingerprint density at radius 1 is 0.975 bits per heavy atom. The molecule has 0 unspecified atom stereocenters. The van der Waals surface area contributed by atoms with Gasteiger partial charge in [-0.2, -0.15) is 0 Å². The van der Waals surface area contributed by atoms with Crippen LogP contribution in [0.5, 0.6) is 0 Å². The maximum atomic E-state index is 14.4. The number of rotatable bonds is 4. The van der Waals surface area contributed by atoms with Crippen LogP contribution in [0.1, 0.15) is 42.0 Å². The van der Waals surface area contributed by atoms with Gasteiger partial charge in [0.15, 0.2) is 0 Å². The number of carbonyl (C=O) groups is 3. The largest absolute Gasteiger partial charge is 0.478 e. The molecule has 2 fully saturated rings. The van der Waals surface area contributed by atoms with E-state index in [0.29, 0.717) is 34.5 Å². The predicted molar refractivity (Wildman–Crippen MR) is 147 cm³/mol. The van der Waals surface area contributed by atoms with Crippen LogP contribution in [0.3, 0.4) is 0 Å². The molecule has 3 aliphatic rings. The van der Waals surface area contributed by atoms with Crippen LogP contribution >= 0.6 is 0 Å². The van der Waals surface area contributed by atoms with Crippen molar-refractivity contribution in [3.8, 4) is 5.69 Å². The van der Waals surface area contributed by atoms with Crippen LogP contribution < -0.4 is 15.8 Å². The molecule has 0 radical (unpaired) electrons.